The molecule has 0 saturated carbocycles. The summed E-state index contributed by atoms with van der Waals surface area (Å²) in [5.74, 6) is -5.33. The minimum absolute atomic E-state index is 0.0152. The molecule has 0 N–H and O–H groups in total. The van der Waals surface area contributed by atoms with E-state index in [1.54, 1.807) is 45.0 Å². The largest absolute Gasteiger partial charge is 0.446 e. The summed E-state index contributed by atoms with van der Waals surface area (Å²) in [6.07, 6.45) is 1.27. The third-order valence-electron chi connectivity index (χ3n) is 8.49. The van der Waals surface area contributed by atoms with Crippen molar-refractivity contribution in [3.8, 4) is 0 Å². The molecule has 3 aromatic rings. The number of halogens is 3. The van der Waals surface area contributed by atoms with Crippen molar-refractivity contribution < 1.29 is 41.8 Å². The topological polar surface area (TPSA) is 114 Å². The summed E-state index contributed by atoms with van der Waals surface area (Å²) in [4.78, 5) is 57.7. The minimum Gasteiger partial charge on any atom is -0.446 e. The van der Waals surface area contributed by atoms with E-state index in [-0.39, 0.29) is 50.5 Å². The van der Waals surface area contributed by atoms with E-state index in [0.29, 0.717) is 6.07 Å². The Balaban J connectivity index is 1.24. The van der Waals surface area contributed by atoms with E-state index in [9.17, 15) is 32.3 Å². The Morgan fingerprint density at radius 2 is 1.67 bits per heavy atom. The maximum Gasteiger partial charge on any atom is 0.417 e. The van der Waals surface area contributed by atoms with Crippen LogP contribution in [0.5, 0.6) is 0 Å². The number of nitrogens with zero attached hydrogens (tertiary/aromatic N) is 5. The van der Waals surface area contributed by atoms with Crippen LogP contribution in [0, 0.1) is 28.8 Å². The predicted molar refractivity (Wildman–Crippen MR) is 155 cm³/mol. The highest BCUT2D eigenvalue weighted by atomic mass is 19.2. The fraction of sp³-hybridized carbons (Fsp3) is 0.406. The Labute approximate surface area is 262 Å². The van der Waals surface area contributed by atoms with Crippen molar-refractivity contribution in [1.29, 1.82) is 0 Å². The fourth-order valence-electron chi connectivity index (χ4n) is 6.31. The van der Waals surface area contributed by atoms with Crippen LogP contribution >= 0.6 is 0 Å². The number of cyclic esters (lactones) is 1. The van der Waals surface area contributed by atoms with Crippen LogP contribution in [0.25, 0.3) is 0 Å². The molecular formula is C32H32F3N5O6. The summed E-state index contributed by atoms with van der Waals surface area (Å²) in [6, 6.07) is 9.52. The van der Waals surface area contributed by atoms with Crippen molar-refractivity contribution in [2.24, 2.45) is 11.3 Å². The highest BCUT2D eigenvalue weighted by molar-refractivity contribution is 5.98. The second kappa shape index (κ2) is 11.5. The number of amides is 4. The summed E-state index contributed by atoms with van der Waals surface area (Å²) < 4.78 is 53.3. The molecule has 3 fully saturated rings. The Morgan fingerprint density at radius 1 is 1.00 bits per heavy atom. The van der Waals surface area contributed by atoms with Crippen molar-refractivity contribution in [3.05, 3.63) is 89.0 Å². The second-order valence-corrected chi connectivity index (χ2v) is 12.9. The first-order valence-electron chi connectivity index (χ1n) is 14.7. The van der Waals surface area contributed by atoms with Gasteiger partial charge in [0.25, 0.3) is 5.91 Å². The first-order chi connectivity index (χ1) is 21.7. The van der Waals surface area contributed by atoms with Crippen molar-refractivity contribution in [3.63, 3.8) is 0 Å². The normalized spacial score (nSPS) is 20.6. The van der Waals surface area contributed by atoms with Crippen molar-refractivity contribution in [2.75, 3.05) is 32.8 Å². The number of hydrogen-bond donors (Lipinski definition) is 0. The lowest BCUT2D eigenvalue weighted by Crippen LogP contribution is -2.64. The van der Waals surface area contributed by atoms with E-state index in [1.807, 2.05) is 6.07 Å². The van der Waals surface area contributed by atoms with Crippen LogP contribution in [0.15, 0.2) is 54.9 Å². The molecule has 1 spiro atoms. The molecule has 1 aromatic heterocycles. The molecule has 4 amide bonds. The molecule has 3 aliphatic heterocycles. The van der Waals surface area contributed by atoms with Gasteiger partial charge in [-0.15, -0.1) is 0 Å². The smallest absolute Gasteiger partial charge is 0.417 e. The van der Waals surface area contributed by atoms with Gasteiger partial charge in [-0.3, -0.25) is 14.3 Å². The van der Waals surface area contributed by atoms with Crippen LogP contribution in [0.2, 0.25) is 0 Å². The number of carbonyl (C=O) groups excluding carboxylic acids is 4. The number of aromatic nitrogens is 2. The van der Waals surface area contributed by atoms with Gasteiger partial charge in [-0.05, 0) is 32.4 Å². The van der Waals surface area contributed by atoms with Crippen LogP contribution < -0.4 is 0 Å². The summed E-state index contributed by atoms with van der Waals surface area (Å²) in [5.41, 5.74) is -0.919. The first-order valence-corrected chi connectivity index (χ1v) is 14.7. The minimum atomic E-state index is -1.32. The molecule has 0 unspecified atom stereocenters. The molecule has 4 heterocycles. The van der Waals surface area contributed by atoms with E-state index in [0.717, 1.165) is 16.5 Å². The second-order valence-electron chi connectivity index (χ2n) is 12.9. The average Bonchev–Trinajstić information content (AvgIpc) is 3.71. The van der Waals surface area contributed by atoms with Crippen LogP contribution in [0.3, 0.4) is 0 Å². The van der Waals surface area contributed by atoms with E-state index in [4.69, 9.17) is 9.47 Å². The first kappa shape index (κ1) is 31.1. The maximum atomic E-state index is 14.2. The monoisotopic (exact) mass is 639 g/mol. The van der Waals surface area contributed by atoms with E-state index < -0.39 is 64.4 Å². The Morgan fingerprint density at radius 3 is 2.37 bits per heavy atom. The highest BCUT2D eigenvalue weighted by Crippen LogP contribution is 2.47. The van der Waals surface area contributed by atoms with Crippen molar-refractivity contribution in [1.82, 2.24) is 24.5 Å². The summed E-state index contributed by atoms with van der Waals surface area (Å²) in [5, 5.41) is 4.09. The number of imide groups is 1. The number of likely N-dealkylation sites (tertiary alicyclic amines) is 2. The fourth-order valence-corrected chi connectivity index (χ4v) is 6.31. The van der Waals surface area contributed by atoms with Gasteiger partial charge in [0.2, 0.25) is 5.91 Å². The number of benzene rings is 2. The quantitative estimate of drug-likeness (QED) is 0.381. The summed E-state index contributed by atoms with van der Waals surface area (Å²) in [7, 11) is 0. The Kier molecular flexibility index (Phi) is 7.77. The predicted octanol–water partition coefficient (Wildman–Crippen LogP) is 4.38. The number of rotatable bonds is 5. The van der Waals surface area contributed by atoms with Crippen molar-refractivity contribution in [2.45, 2.75) is 39.0 Å². The van der Waals surface area contributed by atoms with Gasteiger partial charge in [-0.2, -0.15) is 5.10 Å². The average molecular weight is 640 g/mol. The third-order valence-corrected chi connectivity index (χ3v) is 8.49. The van der Waals surface area contributed by atoms with Gasteiger partial charge in [-0.1, -0.05) is 30.3 Å². The number of ether oxygens (including phenoxy) is 2. The molecule has 0 radical (unpaired) electrons. The van der Waals surface area contributed by atoms with Gasteiger partial charge < -0.3 is 19.3 Å². The molecular weight excluding hydrogens is 607 g/mol. The molecule has 3 aliphatic rings. The molecule has 11 nitrogen and oxygen atoms in total. The lowest BCUT2D eigenvalue weighted by atomic mass is 9.71. The van der Waals surface area contributed by atoms with Gasteiger partial charge in [0.1, 0.15) is 24.1 Å². The molecule has 46 heavy (non-hydrogen) atoms. The third kappa shape index (κ3) is 5.79. The van der Waals surface area contributed by atoms with Gasteiger partial charge in [0.05, 0.1) is 24.2 Å². The van der Waals surface area contributed by atoms with Crippen molar-refractivity contribution >= 4 is 24.0 Å². The van der Waals surface area contributed by atoms with Crippen LogP contribution in [0.4, 0.5) is 22.8 Å². The lowest BCUT2D eigenvalue weighted by Gasteiger charge is -2.50. The Bertz CT molecular complexity index is 1700. The zero-order valence-corrected chi connectivity index (χ0v) is 25.4. The van der Waals surface area contributed by atoms with Crippen LogP contribution in [0.1, 0.15) is 48.3 Å². The van der Waals surface area contributed by atoms with E-state index in [2.05, 4.69) is 5.10 Å². The highest BCUT2D eigenvalue weighted by Gasteiger charge is 2.61. The SMILES string of the molecule is CC(C)(C)OC(=O)N1CC2(C1)CN(C(=O)c1cnn(Cc3cc(F)c(F)cc3F)c1)C[C@H]2C(=O)N1C(=O)OC[C@H]1c1ccccc1. The number of hydrogen-bond acceptors (Lipinski definition) is 7. The van der Waals surface area contributed by atoms with Gasteiger partial charge in [0.15, 0.2) is 11.6 Å². The molecule has 0 aliphatic carbocycles. The maximum absolute atomic E-state index is 14.2. The standard InChI is InChI=1S/C32H32F3N5O6/c1-31(2,3)46-29(43)38-17-32(18-38)16-37(14-22(32)28(42)40-26(15-45-30(40)44)19-7-5-4-6-8-19)27(41)21-11-36-39(13-21)12-20-9-24(34)25(35)10-23(20)33/h4-11,13,22,26H,12,14-18H2,1-3H3/t22-,26-/m0/s1. The van der Waals surface area contributed by atoms with Gasteiger partial charge >= 0.3 is 12.2 Å². The molecule has 14 heteroatoms. The summed E-state index contributed by atoms with van der Waals surface area (Å²) in [6.45, 7) is 5.25. The molecule has 6 rings (SSSR count). The lowest BCUT2D eigenvalue weighted by molar-refractivity contribution is -0.141. The molecule has 3 saturated heterocycles. The Hall–Kier alpha value is -4.88. The molecule has 2 atom stereocenters. The molecule has 242 valence electrons. The van der Waals surface area contributed by atoms with Gasteiger partial charge in [0, 0.05) is 49.4 Å². The van der Waals surface area contributed by atoms with E-state index in [1.165, 1.54) is 26.9 Å². The van der Waals surface area contributed by atoms with Gasteiger partial charge in [-0.25, -0.2) is 27.7 Å². The molecule has 2 aromatic carbocycles. The molecule has 0 bridgehead atoms. The van der Waals surface area contributed by atoms with E-state index >= 15 is 0 Å². The number of carbonyl (C=O) groups is 4. The van der Waals surface area contributed by atoms with Crippen LogP contribution in [-0.4, -0.2) is 86.9 Å². The van der Waals surface area contributed by atoms with Crippen LogP contribution in [-0.2, 0) is 20.8 Å². The zero-order chi connectivity index (χ0) is 33.0. The summed E-state index contributed by atoms with van der Waals surface area (Å²) >= 11 is 0. The zero-order valence-electron chi connectivity index (χ0n) is 25.4.